The van der Waals surface area contributed by atoms with Gasteiger partial charge in [-0.1, -0.05) is 25.0 Å². The van der Waals surface area contributed by atoms with Crippen molar-refractivity contribution in [1.29, 1.82) is 0 Å². The zero-order valence-corrected chi connectivity index (χ0v) is 19.3. The molecule has 0 aromatic heterocycles. The van der Waals surface area contributed by atoms with Crippen molar-refractivity contribution in [1.82, 2.24) is 0 Å². The second-order valence-electron chi connectivity index (χ2n) is 6.42. The number of carbonyl (C=O) groups excluding carboxylic acids is 1. The maximum absolute atomic E-state index is 11.1. The van der Waals surface area contributed by atoms with Crippen LogP contribution in [0.3, 0.4) is 0 Å². The van der Waals surface area contributed by atoms with Gasteiger partial charge in [0.05, 0.1) is 13.7 Å². The van der Waals surface area contributed by atoms with Crippen molar-refractivity contribution in [2.75, 3.05) is 33.5 Å². The SMILES string of the molecule is CCO[Si](CCCCCCOc1ccc(C=CC(=O)OC)cc1)(OCC)OCC. The first-order chi connectivity index (χ1) is 14.1. The van der Waals surface area contributed by atoms with Crippen LogP contribution in [0.2, 0.25) is 6.04 Å². The third-order valence-electron chi connectivity index (χ3n) is 4.23. The third kappa shape index (κ3) is 10.6. The lowest BCUT2D eigenvalue weighted by atomic mass is 10.2. The molecule has 7 heteroatoms. The Labute approximate surface area is 176 Å². The summed E-state index contributed by atoms with van der Waals surface area (Å²) in [4.78, 5) is 11.1. The molecule has 29 heavy (non-hydrogen) atoms. The maximum atomic E-state index is 11.1. The standard InChI is InChI=1S/C22H36O6Si/c1-5-26-29(27-6-2,28-7-3)19-11-9-8-10-18-25-21-15-12-20(13-16-21)14-17-22(23)24-4/h12-17H,5-11,18-19H2,1-4H3. The number of carbonyl (C=O) groups is 1. The molecule has 0 aliphatic carbocycles. The summed E-state index contributed by atoms with van der Waals surface area (Å²) in [6.45, 7) is 8.51. The van der Waals surface area contributed by atoms with Crippen LogP contribution in [-0.4, -0.2) is 48.3 Å². The van der Waals surface area contributed by atoms with Crippen molar-refractivity contribution >= 4 is 20.8 Å². The predicted molar refractivity (Wildman–Crippen MR) is 117 cm³/mol. The number of rotatable bonds is 16. The molecule has 1 aromatic carbocycles. The Morgan fingerprint density at radius 2 is 1.48 bits per heavy atom. The van der Waals surface area contributed by atoms with Crippen LogP contribution in [0.25, 0.3) is 6.08 Å². The second kappa shape index (κ2) is 15.2. The minimum Gasteiger partial charge on any atom is -0.494 e. The van der Waals surface area contributed by atoms with Crippen LogP contribution in [0.5, 0.6) is 5.75 Å². The predicted octanol–water partition coefficient (Wildman–Crippen LogP) is 4.86. The molecule has 0 atom stereocenters. The molecule has 0 saturated carbocycles. The third-order valence-corrected chi connectivity index (χ3v) is 7.38. The molecule has 0 bridgehead atoms. The number of ether oxygens (including phenoxy) is 2. The van der Waals surface area contributed by atoms with Gasteiger partial charge >= 0.3 is 14.8 Å². The van der Waals surface area contributed by atoms with Gasteiger partial charge in [-0.05, 0) is 57.4 Å². The second-order valence-corrected chi connectivity index (χ2v) is 9.15. The molecule has 0 spiro atoms. The van der Waals surface area contributed by atoms with Gasteiger partial charge in [0.1, 0.15) is 5.75 Å². The fourth-order valence-corrected chi connectivity index (χ4v) is 5.58. The molecule has 0 unspecified atom stereocenters. The monoisotopic (exact) mass is 424 g/mol. The van der Waals surface area contributed by atoms with Gasteiger partial charge in [-0.15, -0.1) is 0 Å². The number of hydrogen-bond acceptors (Lipinski definition) is 6. The van der Waals surface area contributed by atoms with Gasteiger partial charge in [0.15, 0.2) is 0 Å². The normalized spacial score (nSPS) is 11.7. The van der Waals surface area contributed by atoms with Gasteiger partial charge in [-0.2, -0.15) is 0 Å². The molecule has 0 fully saturated rings. The molecule has 0 aliphatic rings. The van der Waals surface area contributed by atoms with Crippen molar-refractivity contribution in [3.8, 4) is 5.75 Å². The average molecular weight is 425 g/mol. The number of unbranched alkanes of at least 4 members (excludes halogenated alkanes) is 3. The number of benzene rings is 1. The van der Waals surface area contributed by atoms with E-state index in [-0.39, 0.29) is 5.97 Å². The summed E-state index contributed by atoms with van der Waals surface area (Å²) >= 11 is 0. The van der Waals surface area contributed by atoms with Crippen LogP contribution in [0, 0.1) is 0 Å². The fourth-order valence-electron chi connectivity index (χ4n) is 2.90. The molecule has 0 radical (unpaired) electrons. The van der Waals surface area contributed by atoms with E-state index in [0.29, 0.717) is 26.4 Å². The zero-order valence-electron chi connectivity index (χ0n) is 18.3. The quantitative estimate of drug-likeness (QED) is 0.163. The van der Waals surface area contributed by atoms with E-state index in [1.807, 2.05) is 45.0 Å². The van der Waals surface area contributed by atoms with Crippen molar-refractivity contribution in [3.05, 3.63) is 35.9 Å². The largest absolute Gasteiger partial charge is 0.500 e. The van der Waals surface area contributed by atoms with Crippen LogP contribution in [0.4, 0.5) is 0 Å². The van der Waals surface area contributed by atoms with E-state index in [1.54, 1.807) is 6.08 Å². The molecule has 0 N–H and O–H groups in total. The highest BCUT2D eigenvalue weighted by Gasteiger charge is 2.39. The summed E-state index contributed by atoms with van der Waals surface area (Å²) in [5.74, 6) is 0.463. The molecule has 1 aromatic rings. The number of methoxy groups -OCH3 is 1. The van der Waals surface area contributed by atoms with E-state index in [0.717, 1.165) is 43.0 Å². The van der Waals surface area contributed by atoms with Gasteiger partial charge < -0.3 is 22.8 Å². The molecular formula is C22H36O6Si. The van der Waals surface area contributed by atoms with Gasteiger partial charge in [-0.25, -0.2) is 4.79 Å². The lowest BCUT2D eigenvalue weighted by molar-refractivity contribution is -0.134. The molecule has 0 amide bonds. The first-order valence-corrected chi connectivity index (χ1v) is 12.4. The lowest BCUT2D eigenvalue weighted by Gasteiger charge is -2.28. The molecule has 0 heterocycles. The smallest absolute Gasteiger partial charge is 0.494 e. The minimum absolute atomic E-state index is 0.367. The Hall–Kier alpha value is -1.67. The first-order valence-electron chi connectivity index (χ1n) is 10.5. The van der Waals surface area contributed by atoms with E-state index in [1.165, 1.54) is 13.2 Å². The molecule has 0 aliphatic heterocycles. The highest BCUT2D eigenvalue weighted by molar-refractivity contribution is 6.60. The molecular weight excluding hydrogens is 388 g/mol. The summed E-state index contributed by atoms with van der Waals surface area (Å²) in [5, 5.41) is 0. The van der Waals surface area contributed by atoms with E-state index < -0.39 is 8.80 Å². The van der Waals surface area contributed by atoms with Crippen LogP contribution in [-0.2, 0) is 22.8 Å². The van der Waals surface area contributed by atoms with Gasteiger partial charge in [0, 0.05) is 31.9 Å². The highest BCUT2D eigenvalue weighted by Crippen LogP contribution is 2.20. The zero-order chi connectivity index (χ0) is 21.4. The lowest BCUT2D eigenvalue weighted by Crippen LogP contribution is -2.45. The number of esters is 1. The Morgan fingerprint density at radius 1 is 0.897 bits per heavy atom. The van der Waals surface area contributed by atoms with Crippen LogP contribution < -0.4 is 4.74 Å². The fraction of sp³-hybridized carbons (Fsp3) is 0.591. The van der Waals surface area contributed by atoms with Gasteiger partial charge in [0.25, 0.3) is 0 Å². The maximum Gasteiger partial charge on any atom is 0.500 e. The van der Waals surface area contributed by atoms with E-state index in [9.17, 15) is 4.79 Å². The molecule has 164 valence electrons. The van der Waals surface area contributed by atoms with Crippen LogP contribution in [0.15, 0.2) is 30.3 Å². The summed E-state index contributed by atoms with van der Waals surface area (Å²) in [6, 6.07) is 8.50. The van der Waals surface area contributed by atoms with Gasteiger partial charge in [0.2, 0.25) is 0 Å². The average Bonchev–Trinajstić information content (AvgIpc) is 2.72. The highest BCUT2D eigenvalue weighted by atomic mass is 28.4. The van der Waals surface area contributed by atoms with Crippen molar-refractivity contribution < 1.29 is 27.5 Å². The Balaban J connectivity index is 2.26. The summed E-state index contributed by atoms with van der Waals surface area (Å²) in [7, 11) is -1.14. The first kappa shape index (κ1) is 25.4. The van der Waals surface area contributed by atoms with E-state index in [4.69, 9.17) is 18.0 Å². The minimum atomic E-state index is -2.50. The van der Waals surface area contributed by atoms with Gasteiger partial charge in [-0.3, -0.25) is 0 Å². The number of hydrogen-bond donors (Lipinski definition) is 0. The Kier molecular flexibility index (Phi) is 13.3. The van der Waals surface area contributed by atoms with Crippen molar-refractivity contribution in [3.63, 3.8) is 0 Å². The Bertz CT molecular complexity index is 570. The summed E-state index contributed by atoms with van der Waals surface area (Å²) in [6.07, 6.45) is 7.34. The topological polar surface area (TPSA) is 63.2 Å². The van der Waals surface area contributed by atoms with Crippen molar-refractivity contribution in [2.45, 2.75) is 52.5 Å². The summed E-state index contributed by atoms with van der Waals surface area (Å²) < 4.78 is 28.0. The molecule has 6 nitrogen and oxygen atoms in total. The Morgan fingerprint density at radius 3 is 2.03 bits per heavy atom. The van der Waals surface area contributed by atoms with E-state index in [2.05, 4.69) is 4.74 Å². The van der Waals surface area contributed by atoms with Crippen molar-refractivity contribution in [2.24, 2.45) is 0 Å². The van der Waals surface area contributed by atoms with Crippen LogP contribution in [0.1, 0.15) is 52.0 Å². The molecule has 0 saturated heterocycles. The van der Waals surface area contributed by atoms with Crippen LogP contribution >= 0.6 is 0 Å². The van der Waals surface area contributed by atoms with E-state index >= 15 is 0 Å². The summed E-state index contributed by atoms with van der Waals surface area (Å²) in [5.41, 5.74) is 0.924. The molecule has 1 rings (SSSR count).